The maximum atomic E-state index is 12.5. The van der Waals surface area contributed by atoms with Crippen LogP contribution in [0.25, 0.3) is 11.8 Å². The van der Waals surface area contributed by atoms with Crippen LogP contribution in [0.2, 0.25) is 5.02 Å². The highest BCUT2D eigenvalue weighted by atomic mass is 79.9. The summed E-state index contributed by atoms with van der Waals surface area (Å²) < 4.78 is 2.71. The number of aromatic nitrogens is 2. The smallest absolute Gasteiger partial charge is 0.257 e. The molecule has 0 saturated carbocycles. The number of carbonyl (C=O) groups excluding carboxylic acids is 1. The summed E-state index contributed by atoms with van der Waals surface area (Å²) in [4.78, 5) is 18.6. The lowest BCUT2D eigenvalue weighted by molar-refractivity contribution is 0.0788. The lowest BCUT2D eigenvalue weighted by Gasteiger charge is -2.14. The number of amides is 1. The first-order chi connectivity index (χ1) is 9.99. The topological polar surface area (TPSA) is 38.1 Å². The van der Waals surface area contributed by atoms with Crippen LogP contribution >= 0.6 is 43.5 Å². The number of hydrogen-bond donors (Lipinski definition) is 0. The van der Waals surface area contributed by atoms with Crippen molar-refractivity contribution in [2.24, 2.45) is 0 Å². The second-order valence-electron chi connectivity index (χ2n) is 4.68. The van der Waals surface area contributed by atoms with E-state index in [2.05, 4.69) is 36.8 Å². The molecule has 4 nitrogen and oxygen atoms in total. The van der Waals surface area contributed by atoms with E-state index in [-0.39, 0.29) is 5.91 Å². The van der Waals surface area contributed by atoms with Gasteiger partial charge in [-0.3, -0.25) is 9.36 Å². The number of hydrogen-bond acceptors (Lipinski definition) is 2. The molecular formula is C14H10Br2ClN3O. The first-order valence-electron chi connectivity index (χ1n) is 6.12. The molecule has 0 unspecified atom stereocenters. The molecule has 21 heavy (non-hydrogen) atoms. The maximum absolute atomic E-state index is 12.5. The number of rotatable bonds is 1. The Morgan fingerprint density at radius 1 is 1.43 bits per heavy atom. The monoisotopic (exact) mass is 429 g/mol. The Balaban J connectivity index is 2.30. The minimum absolute atomic E-state index is 0.0906. The van der Waals surface area contributed by atoms with Gasteiger partial charge in [0.05, 0.1) is 37.6 Å². The van der Waals surface area contributed by atoms with E-state index in [1.807, 2.05) is 22.8 Å². The summed E-state index contributed by atoms with van der Waals surface area (Å²) >= 11 is 12.9. The van der Waals surface area contributed by atoms with Crippen molar-refractivity contribution in [2.45, 2.75) is 6.54 Å². The van der Waals surface area contributed by atoms with Crippen molar-refractivity contribution in [1.29, 1.82) is 0 Å². The van der Waals surface area contributed by atoms with Crippen molar-refractivity contribution < 1.29 is 4.79 Å². The molecule has 0 saturated heterocycles. The second-order valence-corrected chi connectivity index (χ2v) is 7.86. The van der Waals surface area contributed by atoms with Crippen molar-refractivity contribution in [1.82, 2.24) is 14.5 Å². The molecule has 3 rings (SSSR count). The molecule has 1 amide bonds. The van der Waals surface area contributed by atoms with Crippen LogP contribution in [0.1, 0.15) is 21.7 Å². The van der Waals surface area contributed by atoms with Crippen molar-refractivity contribution >= 4 is 55.4 Å². The van der Waals surface area contributed by atoms with Crippen molar-refractivity contribution in [2.75, 3.05) is 7.05 Å². The molecule has 0 bridgehead atoms. The lowest BCUT2D eigenvalue weighted by atomic mass is 10.1. The summed E-state index contributed by atoms with van der Waals surface area (Å²) in [6, 6.07) is 5.43. The van der Waals surface area contributed by atoms with E-state index < -0.39 is 0 Å². The minimum atomic E-state index is -0.0906. The summed E-state index contributed by atoms with van der Waals surface area (Å²) in [5.74, 6) is -0.0906. The van der Waals surface area contributed by atoms with Crippen molar-refractivity contribution in [3.8, 4) is 5.69 Å². The Morgan fingerprint density at radius 3 is 2.90 bits per heavy atom. The van der Waals surface area contributed by atoms with Gasteiger partial charge in [-0.2, -0.15) is 0 Å². The Morgan fingerprint density at radius 2 is 2.19 bits per heavy atom. The van der Waals surface area contributed by atoms with Crippen LogP contribution in [-0.2, 0) is 6.54 Å². The summed E-state index contributed by atoms with van der Waals surface area (Å²) in [5, 5.41) is 0.449. The molecule has 1 aliphatic heterocycles. The molecule has 1 aromatic carbocycles. The third-order valence-electron chi connectivity index (χ3n) is 3.34. The SMILES string of the molecule is CN1Cc2c(C=C(Br)Br)ncn2-c2cccc(Cl)c2C1=O. The first kappa shape index (κ1) is 14.8. The van der Waals surface area contributed by atoms with Gasteiger partial charge < -0.3 is 4.90 Å². The van der Waals surface area contributed by atoms with Crippen LogP contribution in [0.15, 0.2) is 27.9 Å². The molecule has 1 aliphatic rings. The number of imidazole rings is 1. The third-order valence-corrected chi connectivity index (χ3v) is 4.12. The standard InChI is InChI=1S/C14H10Br2ClN3O/c1-19-6-11-9(5-12(15)16)18-7-20(11)10-4-2-3-8(17)13(10)14(19)21/h2-5,7H,6H2,1H3. The van der Waals surface area contributed by atoms with Gasteiger partial charge >= 0.3 is 0 Å². The van der Waals surface area contributed by atoms with Gasteiger partial charge in [0.25, 0.3) is 5.91 Å². The molecule has 0 radical (unpaired) electrons. The number of halogens is 3. The van der Waals surface area contributed by atoms with Crippen LogP contribution in [0, 0.1) is 0 Å². The fourth-order valence-electron chi connectivity index (χ4n) is 2.39. The third kappa shape index (κ3) is 2.56. The summed E-state index contributed by atoms with van der Waals surface area (Å²) in [6.45, 7) is 0.461. The molecule has 0 spiro atoms. The normalized spacial score (nSPS) is 13.5. The van der Waals surface area contributed by atoms with E-state index in [1.54, 1.807) is 24.3 Å². The number of nitrogens with zero attached hydrogens (tertiary/aromatic N) is 3. The molecule has 108 valence electrons. The van der Waals surface area contributed by atoms with Gasteiger partial charge in [0.2, 0.25) is 0 Å². The van der Waals surface area contributed by atoms with Gasteiger partial charge in [0.15, 0.2) is 0 Å². The van der Waals surface area contributed by atoms with E-state index in [9.17, 15) is 4.79 Å². The molecule has 0 aliphatic carbocycles. The Bertz CT molecular complexity index is 766. The Labute approximate surface area is 143 Å². The van der Waals surface area contributed by atoms with Crippen LogP contribution in [-0.4, -0.2) is 27.4 Å². The first-order valence-corrected chi connectivity index (χ1v) is 8.08. The second kappa shape index (κ2) is 5.59. The molecule has 1 aromatic heterocycles. The average molecular weight is 432 g/mol. The molecule has 7 heteroatoms. The molecular weight excluding hydrogens is 421 g/mol. The summed E-state index contributed by atoms with van der Waals surface area (Å²) in [7, 11) is 1.76. The summed E-state index contributed by atoms with van der Waals surface area (Å²) in [6.07, 6.45) is 3.57. The van der Waals surface area contributed by atoms with Crippen molar-refractivity contribution in [3.05, 3.63) is 49.9 Å². The van der Waals surface area contributed by atoms with E-state index in [4.69, 9.17) is 11.6 Å². The zero-order valence-electron chi connectivity index (χ0n) is 11.0. The van der Waals surface area contributed by atoms with Gasteiger partial charge in [-0.15, -0.1) is 0 Å². The van der Waals surface area contributed by atoms with Gasteiger partial charge in [-0.1, -0.05) is 17.7 Å². The fraction of sp³-hybridized carbons (Fsp3) is 0.143. The lowest BCUT2D eigenvalue weighted by Crippen LogP contribution is -2.25. The van der Waals surface area contributed by atoms with Gasteiger partial charge in [-0.05, 0) is 50.1 Å². The van der Waals surface area contributed by atoms with Crippen molar-refractivity contribution in [3.63, 3.8) is 0 Å². The molecule has 0 N–H and O–H groups in total. The van der Waals surface area contributed by atoms with Crippen LogP contribution in [0.4, 0.5) is 0 Å². The number of fused-ring (bicyclic) bond motifs is 3. The molecule has 2 heterocycles. The van der Waals surface area contributed by atoms with Crippen LogP contribution in [0.3, 0.4) is 0 Å². The summed E-state index contributed by atoms with van der Waals surface area (Å²) in [5.41, 5.74) is 2.99. The quantitative estimate of drug-likeness (QED) is 0.679. The van der Waals surface area contributed by atoms with Crippen LogP contribution in [0.5, 0.6) is 0 Å². The molecule has 0 fully saturated rings. The van der Waals surface area contributed by atoms with E-state index in [0.29, 0.717) is 17.1 Å². The fourth-order valence-corrected chi connectivity index (χ4v) is 3.07. The Hall–Kier alpha value is -1.11. The zero-order chi connectivity index (χ0) is 15.1. The van der Waals surface area contributed by atoms with E-state index >= 15 is 0 Å². The average Bonchev–Trinajstić information content (AvgIpc) is 2.75. The highest BCUT2D eigenvalue weighted by Gasteiger charge is 2.27. The Kier molecular flexibility index (Phi) is 3.94. The number of carbonyl (C=O) groups is 1. The highest BCUT2D eigenvalue weighted by Crippen LogP contribution is 2.31. The predicted molar refractivity (Wildman–Crippen MR) is 90.2 cm³/mol. The van der Waals surface area contributed by atoms with Gasteiger partial charge in [0.1, 0.15) is 6.33 Å². The zero-order valence-corrected chi connectivity index (χ0v) is 14.9. The van der Waals surface area contributed by atoms with Gasteiger partial charge in [0, 0.05) is 7.05 Å². The van der Waals surface area contributed by atoms with E-state index in [1.165, 1.54) is 0 Å². The minimum Gasteiger partial charge on any atom is -0.336 e. The molecule has 0 atom stereocenters. The predicted octanol–water partition coefficient (Wildman–Crippen LogP) is 4.20. The molecule has 2 aromatic rings. The number of benzene rings is 1. The highest BCUT2D eigenvalue weighted by molar-refractivity contribution is 9.28. The largest absolute Gasteiger partial charge is 0.336 e. The van der Waals surface area contributed by atoms with Gasteiger partial charge in [-0.25, -0.2) is 4.98 Å². The van der Waals surface area contributed by atoms with Crippen LogP contribution < -0.4 is 0 Å². The maximum Gasteiger partial charge on any atom is 0.257 e. The van der Waals surface area contributed by atoms with E-state index in [0.717, 1.165) is 20.5 Å².